The highest BCUT2D eigenvalue weighted by molar-refractivity contribution is 7.98. The van der Waals surface area contributed by atoms with Crippen molar-refractivity contribution in [3.8, 4) is 0 Å². The second-order valence-electron chi connectivity index (χ2n) is 5.21. The van der Waals surface area contributed by atoms with Crippen LogP contribution in [-0.4, -0.2) is 30.1 Å². The van der Waals surface area contributed by atoms with Crippen LogP contribution < -0.4 is 0 Å². The largest absolute Gasteiger partial charge is 0.416 e. The molecule has 0 spiro atoms. The van der Waals surface area contributed by atoms with Crippen LogP contribution in [0.1, 0.15) is 17.9 Å². The van der Waals surface area contributed by atoms with Gasteiger partial charge in [0, 0.05) is 12.2 Å². The molecule has 0 aliphatic carbocycles. The number of sulfone groups is 1. The van der Waals surface area contributed by atoms with Crippen LogP contribution in [0.5, 0.6) is 0 Å². The van der Waals surface area contributed by atoms with Crippen LogP contribution in [0.3, 0.4) is 0 Å². The highest BCUT2D eigenvalue weighted by Gasteiger charge is 2.29. The fraction of sp³-hybridized carbons (Fsp3) is 0.429. The summed E-state index contributed by atoms with van der Waals surface area (Å²) in [5, 5.41) is 8.55. The van der Waals surface area contributed by atoms with Gasteiger partial charge in [0.1, 0.15) is 0 Å². The molecule has 0 radical (unpaired) electrons. The normalized spacial score (nSPS) is 20.7. The SMILES string of the molecule is O=S1(=O)CCC(Cc2nnc(SCc3ccccc3)o2)C1. The Morgan fingerprint density at radius 1 is 1.24 bits per heavy atom. The molecule has 0 bridgehead atoms. The molecule has 1 saturated heterocycles. The van der Waals surface area contributed by atoms with Gasteiger partial charge in [-0.15, -0.1) is 10.2 Å². The maximum Gasteiger partial charge on any atom is 0.276 e. The Hall–Kier alpha value is -1.34. The summed E-state index contributed by atoms with van der Waals surface area (Å²) in [5.74, 6) is 1.94. The standard InChI is InChI=1S/C14H16N2O3S2/c17-21(18)7-6-12(10-21)8-13-15-16-14(19-13)20-9-11-4-2-1-3-5-11/h1-5,12H,6-10H2. The molecule has 2 heterocycles. The van der Waals surface area contributed by atoms with Crippen LogP contribution in [0.15, 0.2) is 40.0 Å². The van der Waals surface area contributed by atoms with Gasteiger partial charge in [-0.1, -0.05) is 42.1 Å². The molecule has 0 N–H and O–H groups in total. The van der Waals surface area contributed by atoms with Crippen molar-refractivity contribution in [2.75, 3.05) is 11.5 Å². The Kier molecular flexibility index (Phi) is 4.30. The lowest BCUT2D eigenvalue weighted by Gasteiger charge is -2.01. The minimum absolute atomic E-state index is 0.113. The highest BCUT2D eigenvalue weighted by atomic mass is 32.2. The fourth-order valence-corrected chi connectivity index (χ4v) is 4.98. The molecule has 0 saturated carbocycles. The first kappa shape index (κ1) is 14.6. The zero-order valence-electron chi connectivity index (χ0n) is 11.4. The fourth-order valence-electron chi connectivity index (χ4n) is 2.38. The van der Waals surface area contributed by atoms with E-state index in [1.807, 2.05) is 30.3 Å². The van der Waals surface area contributed by atoms with Crippen LogP contribution in [0.25, 0.3) is 0 Å². The zero-order valence-corrected chi connectivity index (χ0v) is 13.1. The van der Waals surface area contributed by atoms with Crippen molar-refractivity contribution in [2.24, 2.45) is 5.92 Å². The molecule has 112 valence electrons. The van der Waals surface area contributed by atoms with Crippen LogP contribution in [0.2, 0.25) is 0 Å². The minimum atomic E-state index is -2.85. The van der Waals surface area contributed by atoms with Gasteiger partial charge in [-0.25, -0.2) is 8.42 Å². The summed E-state index contributed by atoms with van der Waals surface area (Å²) in [7, 11) is -2.85. The zero-order chi connectivity index (χ0) is 14.7. The average molecular weight is 324 g/mol. The second kappa shape index (κ2) is 6.19. The minimum Gasteiger partial charge on any atom is -0.416 e. The number of hydrogen-bond acceptors (Lipinski definition) is 6. The molecule has 2 aromatic rings. The van der Waals surface area contributed by atoms with E-state index in [1.165, 1.54) is 17.3 Å². The van der Waals surface area contributed by atoms with E-state index in [-0.39, 0.29) is 17.4 Å². The Bertz CT molecular complexity index is 698. The van der Waals surface area contributed by atoms with Crippen molar-refractivity contribution in [1.82, 2.24) is 10.2 Å². The number of benzene rings is 1. The predicted molar refractivity (Wildman–Crippen MR) is 80.8 cm³/mol. The molecule has 1 aliphatic heterocycles. The Morgan fingerprint density at radius 3 is 2.76 bits per heavy atom. The smallest absolute Gasteiger partial charge is 0.276 e. The summed E-state index contributed by atoms with van der Waals surface area (Å²) >= 11 is 1.49. The maximum absolute atomic E-state index is 11.4. The summed E-state index contributed by atoms with van der Waals surface area (Å²) in [5.41, 5.74) is 1.20. The quantitative estimate of drug-likeness (QED) is 0.786. The molecule has 1 atom stereocenters. The van der Waals surface area contributed by atoms with Gasteiger partial charge in [-0.05, 0) is 17.9 Å². The number of hydrogen-bond donors (Lipinski definition) is 0. The first-order valence-corrected chi connectivity index (χ1v) is 9.61. The van der Waals surface area contributed by atoms with E-state index in [9.17, 15) is 8.42 Å². The van der Waals surface area contributed by atoms with Gasteiger partial charge in [0.15, 0.2) is 9.84 Å². The summed E-state index contributed by atoms with van der Waals surface area (Å²) in [6, 6.07) is 10.1. The molecule has 3 rings (SSSR count). The molecule has 1 aromatic carbocycles. The third kappa shape index (κ3) is 4.07. The molecule has 1 fully saturated rings. The Morgan fingerprint density at radius 2 is 2.05 bits per heavy atom. The molecular weight excluding hydrogens is 308 g/mol. The highest BCUT2D eigenvalue weighted by Crippen LogP contribution is 2.25. The van der Waals surface area contributed by atoms with Crippen LogP contribution in [0, 0.1) is 5.92 Å². The second-order valence-corrected chi connectivity index (χ2v) is 8.36. The van der Waals surface area contributed by atoms with Crippen molar-refractivity contribution < 1.29 is 12.8 Å². The summed E-state index contributed by atoms with van der Waals surface area (Å²) < 4.78 is 28.4. The molecular formula is C14H16N2O3S2. The van der Waals surface area contributed by atoms with Gasteiger partial charge in [0.05, 0.1) is 11.5 Å². The number of aromatic nitrogens is 2. The molecule has 7 heteroatoms. The molecule has 1 aliphatic rings. The summed E-state index contributed by atoms with van der Waals surface area (Å²) in [6.45, 7) is 0. The number of nitrogens with zero attached hydrogens (tertiary/aromatic N) is 2. The molecule has 1 unspecified atom stereocenters. The van der Waals surface area contributed by atoms with Gasteiger partial charge < -0.3 is 4.42 Å². The van der Waals surface area contributed by atoms with E-state index in [0.29, 0.717) is 24.0 Å². The molecule has 5 nitrogen and oxygen atoms in total. The van der Waals surface area contributed by atoms with Gasteiger partial charge in [-0.2, -0.15) is 0 Å². The van der Waals surface area contributed by atoms with E-state index in [2.05, 4.69) is 10.2 Å². The Labute approximate surface area is 128 Å². The number of thioether (sulfide) groups is 1. The average Bonchev–Trinajstić information content (AvgIpc) is 3.04. The lowest BCUT2D eigenvalue weighted by atomic mass is 10.1. The van der Waals surface area contributed by atoms with Gasteiger partial charge in [-0.3, -0.25) is 0 Å². The molecule has 0 amide bonds. The van der Waals surface area contributed by atoms with E-state index >= 15 is 0 Å². The third-order valence-electron chi connectivity index (χ3n) is 3.44. The molecule has 21 heavy (non-hydrogen) atoms. The van der Waals surface area contributed by atoms with Crippen molar-refractivity contribution in [3.63, 3.8) is 0 Å². The van der Waals surface area contributed by atoms with Crippen LogP contribution >= 0.6 is 11.8 Å². The maximum atomic E-state index is 11.4. The lowest BCUT2D eigenvalue weighted by Crippen LogP contribution is -2.07. The van der Waals surface area contributed by atoms with Gasteiger partial charge >= 0.3 is 0 Å². The summed E-state index contributed by atoms with van der Waals surface area (Å²) in [4.78, 5) is 0. The van der Waals surface area contributed by atoms with Crippen LogP contribution in [-0.2, 0) is 22.0 Å². The van der Waals surface area contributed by atoms with Gasteiger partial charge in [0.25, 0.3) is 5.22 Å². The predicted octanol–water partition coefficient (Wildman–Crippen LogP) is 2.34. The van der Waals surface area contributed by atoms with Crippen molar-refractivity contribution in [1.29, 1.82) is 0 Å². The van der Waals surface area contributed by atoms with Crippen molar-refractivity contribution >= 4 is 21.6 Å². The summed E-state index contributed by atoms with van der Waals surface area (Å²) in [6.07, 6.45) is 1.25. The van der Waals surface area contributed by atoms with Crippen molar-refractivity contribution in [2.45, 2.75) is 23.8 Å². The van der Waals surface area contributed by atoms with E-state index < -0.39 is 9.84 Å². The molecule has 1 aromatic heterocycles. The monoisotopic (exact) mass is 324 g/mol. The first-order valence-electron chi connectivity index (χ1n) is 6.80. The Balaban J connectivity index is 1.54. The van der Waals surface area contributed by atoms with E-state index in [1.54, 1.807) is 0 Å². The first-order chi connectivity index (χ1) is 10.1. The van der Waals surface area contributed by atoms with Crippen LogP contribution in [0.4, 0.5) is 0 Å². The van der Waals surface area contributed by atoms with Crippen molar-refractivity contribution in [3.05, 3.63) is 41.8 Å². The topological polar surface area (TPSA) is 73.1 Å². The lowest BCUT2D eigenvalue weighted by molar-refractivity contribution is 0.389. The number of rotatable bonds is 5. The third-order valence-corrected chi connectivity index (χ3v) is 6.17. The van der Waals surface area contributed by atoms with E-state index in [4.69, 9.17) is 4.42 Å². The van der Waals surface area contributed by atoms with Gasteiger partial charge in [0.2, 0.25) is 5.89 Å². The van der Waals surface area contributed by atoms with E-state index in [0.717, 1.165) is 5.75 Å².